The Hall–Kier alpha value is -3.02. The predicted octanol–water partition coefficient (Wildman–Crippen LogP) is 3.73. The molecule has 0 radical (unpaired) electrons. The van der Waals surface area contributed by atoms with Crippen LogP contribution in [0.4, 0.5) is 19.1 Å². The van der Waals surface area contributed by atoms with Gasteiger partial charge in [-0.1, -0.05) is 0 Å². The summed E-state index contributed by atoms with van der Waals surface area (Å²) in [4.78, 5) is 23.5. The quantitative estimate of drug-likeness (QED) is 0.501. The van der Waals surface area contributed by atoms with E-state index in [-0.39, 0.29) is 40.7 Å². The van der Waals surface area contributed by atoms with E-state index >= 15 is 4.39 Å². The van der Waals surface area contributed by atoms with Crippen molar-refractivity contribution in [3.63, 3.8) is 0 Å². The Morgan fingerprint density at radius 3 is 2.71 bits per heavy atom. The first-order valence-electron chi connectivity index (χ1n) is 12.9. The number of anilines is 1. The molecular weight excluding hydrogens is 499 g/mol. The highest BCUT2D eigenvalue weighted by Crippen LogP contribution is 2.31. The molecular formula is C27H32F3N5O3. The lowest BCUT2D eigenvalue weighted by Gasteiger charge is -2.28. The summed E-state index contributed by atoms with van der Waals surface area (Å²) in [6.45, 7) is 7.46. The Morgan fingerprint density at radius 2 is 2.03 bits per heavy atom. The van der Waals surface area contributed by atoms with Crippen molar-refractivity contribution in [2.24, 2.45) is 0 Å². The van der Waals surface area contributed by atoms with E-state index < -0.39 is 30.0 Å². The van der Waals surface area contributed by atoms with E-state index in [0.29, 0.717) is 50.2 Å². The zero-order chi connectivity index (χ0) is 27.1. The second-order valence-electron chi connectivity index (χ2n) is 10.4. The van der Waals surface area contributed by atoms with Crippen molar-refractivity contribution in [3.05, 3.63) is 51.4 Å². The van der Waals surface area contributed by atoms with Crippen LogP contribution in [0.25, 0.3) is 22.2 Å². The van der Waals surface area contributed by atoms with Crippen LogP contribution in [0.2, 0.25) is 0 Å². The first kappa shape index (κ1) is 26.6. The molecule has 0 aliphatic carbocycles. The predicted molar refractivity (Wildman–Crippen MR) is 138 cm³/mol. The summed E-state index contributed by atoms with van der Waals surface area (Å²) in [5.41, 5.74) is 0.978. The molecule has 2 fully saturated rings. The zero-order valence-electron chi connectivity index (χ0n) is 21.7. The summed E-state index contributed by atoms with van der Waals surface area (Å²) in [6, 6.07) is 2.08. The van der Waals surface area contributed by atoms with Crippen LogP contribution in [-0.2, 0) is 11.3 Å². The van der Waals surface area contributed by atoms with Crippen LogP contribution in [0.3, 0.4) is 0 Å². The molecule has 11 heteroatoms. The van der Waals surface area contributed by atoms with Crippen molar-refractivity contribution in [1.29, 1.82) is 0 Å². The smallest absolute Gasteiger partial charge is 0.223 e. The van der Waals surface area contributed by atoms with Crippen molar-refractivity contribution in [3.8, 4) is 11.3 Å². The molecule has 0 unspecified atom stereocenters. The van der Waals surface area contributed by atoms with Gasteiger partial charge in [0.15, 0.2) is 11.2 Å². The van der Waals surface area contributed by atoms with Gasteiger partial charge in [0.1, 0.15) is 17.7 Å². The monoisotopic (exact) mass is 531 g/mol. The summed E-state index contributed by atoms with van der Waals surface area (Å²) in [5, 5.41) is 13.3. The Kier molecular flexibility index (Phi) is 7.43. The molecule has 2 aromatic heterocycles. The summed E-state index contributed by atoms with van der Waals surface area (Å²) >= 11 is 0. The maximum Gasteiger partial charge on any atom is 0.223 e. The molecule has 204 valence electrons. The van der Waals surface area contributed by atoms with Gasteiger partial charge in [-0.25, -0.2) is 23.1 Å². The van der Waals surface area contributed by atoms with Crippen molar-refractivity contribution in [2.75, 3.05) is 31.6 Å². The minimum atomic E-state index is -0.901. The SMILES string of the molecule is Cc1c(CN2CC[C@H](F)C2)n(C(C)C)c2cc(-c3nc(N[C@@H]4CCOC[C@H]4O)ncc3F)c(F)cc2c1=O. The van der Waals surface area contributed by atoms with Crippen LogP contribution in [0.1, 0.15) is 44.0 Å². The number of aromatic nitrogens is 3. The molecule has 0 amide bonds. The number of fused-ring (bicyclic) bond motifs is 1. The number of benzene rings is 1. The molecule has 5 rings (SSSR count). The van der Waals surface area contributed by atoms with Crippen molar-refractivity contribution < 1.29 is 23.0 Å². The number of hydrogen-bond donors (Lipinski definition) is 2. The maximum atomic E-state index is 15.5. The van der Waals surface area contributed by atoms with Gasteiger partial charge in [0.2, 0.25) is 5.95 Å². The molecule has 2 N–H and O–H groups in total. The summed E-state index contributed by atoms with van der Waals surface area (Å²) in [6.07, 6.45) is 0.217. The average Bonchev–Trinajstić information content (AvgIpc) is 3.29. The molecule has 1 aromatic carbocycles. The molecule has 4 heterocycles. The van der Waals surface area contributed by atoms with E-state index in [1.807, 2.05) is 23.3 Å². The number of aliphatic hydroxyl groups is 1. The Morgan fingerprint density at radius 1 is 1.24 bits per heavy atom. The third-order valence-corrected chi connectivity index (χ3v) is 7.40. The van der Waals surface area contributed by atoms with Gasteiger partial charge in [0.05, 0.1) is 30.5 Å². The number of aliphatic hydroxyl groups excluding tert-OH is 1. The molecule has 0 saturated carbocycles. The van der Waals surface area contributed by atoms with Crippen LogP contribution in [0.15, 0.2) is 23.1 Å². The lowest BCUT2D eigenvalue weighted by atomic mass is 10.0. The standard InChI is InChI=1S/C27H32F3N5O3/c1-14(2)35-22-9-17(25-20(30)10-31-27(33-25)32-21-5-7-38-13-24(21)36)19(29)8-18(22)26(37)15(3)23(35)12-34-6-4-16(28)11-34/h8-10,14,16,21,24,36H,4-7,11-13H2,1-3H3,(H,31,32,33)/t16-,21+,24+/m0/s1. The van der Waals surface area contributed by atoms with E-state index in [4.69, 9.17) is 4.74 Å². The largest absolute Gasteiger partial charge is 0.389 e. The highest BCUT2D eigenvalue weighted by atomic mass is 19.1. The van der Waals surface area contributed by atoms with Crippen molar-refractivity contribution in [1.82, 2.24) is 19.4 Å². The molecule has 38 heavy (non-hydrogen) atoms. The highest BCUT2D eigenvalue weighted by molar-refractivity contribution is 5.85. The molecule has 8 nitrogen and oxygen atoms in total. The van der Waals surface area contributed by atoms with E-state index in [1.165, 1.54) is 6.07 Å². The van der Waals surface area contributed by atoms with E-state index in [1.54, 1.807) is 6.92 Å². The third-order valence-electron chi connectivity index (χ3n) is 7.40. The number of halogens is 3. The minimum Gasteiger partial charge on any atom is -0.389 e. The molecule has 3 atom stereocenters. The first-order chi connectivity index (χ1) is 18.1. The zero-order valence-corrected chi connectivity index (χ0v) is 21.7. The Bertz CT molecular complexity index is 1410. The third kappa shape index (κ3) is 5.02. The highest BCUT2D eigenvalue weighted by Gasteiger charge is 2.27. The van der Waals surface area contributed by atoms with E-state index in [2.05, 4.69) is 15.3 Å². The minimum absolute atomic E-state index is 0.0486. The van der Waals surface area contributed by atoms with E-state index in [0.717, 1.165) is 18.0 Å². The van der Waals surface area contributed by atoms with Gasteiger partial charge in [-0.15, -0.1) is 0 Å². The van der Waals surface area contributed by atoms with Crippen LogP contribution in [0.5, 0.6) is 0 Å². The fraction of sp³-hybridized carbons (Fsp3) is 0.519. The van der Waals surface area contributed by atoms with Gasteiger partial charge in [-0.05, 0) is 45.7 Å². The lowest BCUT2D eigenvalue weighted by molar-refractivity contribution is -0.0136. The fourth-order valence-corrected chi connectivity index (χ4v) is 5.39. The van der Waals surface area contributed by atoms with Crippen LogP contribution in [0, 0.1) is 18.6 Å². The van der Waals surface area contributed by atoms with Crippen LogP contribution < -0.4 is 10.7 Å². The summed E-state index contributed by atoms with van der Waals surface area (Å²) in [7, 11) is 0. The number of likely N-dealkylation sites (tertiary alicyclic amines) is 1. The number of nitrogens with one attached hydrogen (secondary N) is 1. The number of hydrogen-bond acceptors (Lipinski definition) is 7. The second kappa shape index (κ2) is 10.6. The van der Waals surface area contributed by atoms with Crippen LogP contribution >= 0.6 is 0 Å². The lowest BCUT2D eigenvalue weighted by Crippen LogP contribution is -2.42. The Labute approximate surface area is 218 Å². The van der Waals surface area contributed by atoms with E-state index in [9.17, 15) is 18.7 Å². The van der Waals surface area contributed by atoms with Crippen molar-refractivity contribution >= 4 is 16.9 Å². The molecule has 3 aromatic rings. The fourth-order valence-electron chi connectivity index (χ4n) is 5.39. The molecule has 0 bridgehead atoms. The van der Waals surface area contributed by atoms with Crippen molar-refractivity contribution in [2.45, 2.75) is 64.5 Å². The first-order valence-corrected chi connectivity index (χ1v) is 12.9. The normalized spacial score (nSPS) is 22.5. The van der Waals surface area contributed by atoms with Gasteiger partial charge in [0, 0.05) is 54.5 Å². The summed E-state index contributed by atoms with van der Waals surface area (Å²) in [5.74, 6) is -1.56. The number of ether oxygens (including phenoxy) is 1. The Balaban J connectivity index is 1.62. The van der Waals surface area contributed by atoms with Gasteiger partial charge >= 0.3 is 0 Å². The number of pyridine rings is 1. The maximum absolute atomic E-state index is 15.5. The summed E-state index contributed by atoms with van der Waals surface area (Å²) < 4.78 is 51.5. The number of nitrogens with zero attached hydrogens (tertiary/aromatic N) is 4. The second-order valence-corrected chi connectivity index (χ2v) is 10.4. The molecule has 2 aliphatic rings. The topological polar surface area (TPSA) is 92.5 Å². The molecule has 0 spiro atoms. The van der Waals surface area contributed by atoms with Gasteiger partial charge in [-0.2, -0.15) is 0 Å². The number of alkyl halides is 1. The van der Waals surface area contributed by atoms with Gasteiger partial charge in [-0.3, -0.25) is 9.69 Å². The number of rotatable bonds is 6. The van der Waals surface area contributed by atoms with Gasteiger partial charge < -0.3 is 19.7 Å². The van der Waals surface area contributed by atoms with Crippen LogP contribution in [-0.4, -0.2) is 69.2 Å². The van der Waals surface area contributed by atoms with Gasteiger partial charge in [0.25, 0.3) is 0 Å². The average molecular weight is 532 g/mol. The molecule has 2 aliphatic heterocycles. The molecule has 2 saturated heterocycles.